The van der Waals surface area contributed by atoms with Crippen LogP contribution in [-0.2, 0) is 11.3 Å². The highest BCUT2D eigenvalue weighted by atomic mass is 32.2. The molecule has 0 unspecified atom stereocenters. The van der Waals surface area contributed by atoms with Gasteiger partial charge >= 0.3 is 0 Å². The summed E-state index contributed by atoms with van der Waals surface area (Å²) in [7, 11) is 1.84. The lowest BCUT2D eigenvalue weighted by molar-refractivity contribution is -0.131. The minimum Gasteiger partial charge on any atom is -0.342 e. The van der Waals surface area contributed by atoms with Crippen LogP contribution in [0.15, 0.2) is 36.4 Å². The number of anilines is 1. The summed E-state index contributed by atoms with van der Waals surface area (Å²) < 4.78 is 0. The first-order valence-electron chi connectivity index (χ1n) is 8.36. The molecule has 1 amide bonds. The summed E-state index contributed by atoms with van der Waals surface area (Å²) in [6.45, 7) is 4.45. The average Bonchev–Trinajstić information content (AvgIpc) is 2.58. The molecule has 1 heterocycles. The predicted molar refractivity (Wildman–Crippen MR) is 105 cm³/mol. The summed E-state index contributed by atoms with van der Waals surface area (Å²) >= 11 is 1.73. The van der Waals surface area contributed by atoms with Crippen molar-refractivity contribution in [3.8, 4) is 0 Å². The van der Waals surface area contributed by atoms with Crippen LogP contribution in [0.2, 0.25) is 0 Å². The SMILES string of the molecule is CSCC[C@@H](Nc1nc(C)cc(C)n1)C(=O)N(C)Cc1ccccc1. The molecule has 1 aromatic heterocycles. The molecule has 25 heavy (non-hydrogen) atoms. The summed E-state index contributed by atoms with van der Waals surface area (Å²) in [4.78, 5) is 23.5. The maximum Gasteiger partial charge on any atom is 0.245 e. The molecule has 5 nitrogen and oxygen atoms in total. The number of hydrogen-bond acceptors (Lipinski definition) is 5. The van der Waals surface area contributed by atoms with Gasteiger partial charge in [-0.25, -0.2) is 9.97 Å². The number of carbonyl (C=O) groups excluding carboxylic acids is 1. The van der Waals surface area contributed by atoms with Crippen LogP contribution in [0.4, 0.5) is 5.95 Å². The fourth-order valence-corrected chi connectivity index (χ4v) is 3.11. The van der Waals surface area contributed by atoms with Gasteiger partial charge in [0.15, 0.2) is 0 Å². The third kappa shape index (κ3) is 6.05. The number of aromatic nitrogens is 2. The van der Waals surface area contributed by atoms with Gasteiger partial charge < -0.3 is 10.2 Å². The molecule has 0 spiro atoms. The van der Waals surface area contributed by atoms with Gasteiger partial charge in [-0.15, -0.1) is 0 Å². The second kappa shape index (κ2) is 9.42. The maximum absolute atomic E-state index is 12.9. The minimum atomic E-state index is -0.331. The summed E-state index contributed by atoms with van der Waals surface area (Å²) in [5.41, 5.74) is 2.90. The molecule has 0 aliphatic heterocycles. The Morgan fingerprint density at radius 1 is 1.20 bits per heavy atom. The lowest BCUT2D eigenvalue weighted by Crippen LogP contribution is -2.41. The lowest BCUT2D eigenvalue weighted by Gasteiger charge is -2.25. The standard InChI is InChI=1S/C19H26N4OS/c1-14-12-15(2)21-19(20-14)22-17(10-11-25-4)18(24)23(3)13-16-8-6-5-7-9-16/h5-9,12,17H,10-11,13H2,1-4H3,(H,20,21,22)/t17-/m1/s1. The van der Waals surface area contributed by atoms with E-state index in [-0.39, 0.29) is 11.9 Å². The fourth-order valence-electron chi connectivity index (χ4n) is 2.64. The number of carbonyl (C=O) groups is 1. The van der Waals surface area contributed by atoms with Gasteiger partial charge in [0.2, 0.25) is 11.9 Å². The number of nitrogens with zero attached hydrogens (tertiary/aromatic N) is 3. The Morgan fingerprint density at radius 2 is 1.84 bits per heavy atom. The summed E-state index contributed by atoms with van der Waals surface area (Å²) in [5.74, 6) is 1.47. The van der Waals surface area contributed by atoms with Gasteiger partial charge in [0.1, 0.15) is 6.04 Å². The Morgan fingerprint density at radius 3 is 2.44 bits per heavy atom. The number of amides is 1. The number of hydrogen-bond donors (Lipinski definition) is 1. The molecule has 0 radical (unpaired) electrons. The van der Waals surface area contributed by atoms with Crippen molar-refractivity contribution in [3.05, 3.63) is 53.3 Å². The van der Waals surface area contributed by atoms with Gasteiger partial charge in [-0.2, -0.15) is 11.8 Å². The molecule has 0 saturated heterocycles. The zero-order valence-corrected chi connectivity index (χ0v) is 16.1. The highest BCUT2D eigenvalue weighted by Gasteiger charge is 2.23. The van der Waals surface area contributed by atoms with Crippen LogP contribution >= 0.6 is 11.8 Å². The summed E-state index contributed by atoms with van der Waals surface area (Å²) in [6.07, 6.45) is 2.78. The molecule has 1 atom stereocenters. The molecular weight excluding hydrogens is 332 g/mol. The Hall–Kier alpha value is -2.08. The predicted octanol–water partition coefficient (Wildman–Crippen LogP) is 3.29. The highest BCUT2D eigenvalue weighted by Crippen LogP contribution is 2.12. The maximum atomic E-state index is 12.9. The first-order valence-corrected chi connectivity index (χ1v) is 9.75. The van der Waals surface area contributed by atoms with Gasteiger partial charge in [0, 0.05) is 25.0 Å². The Labute approximate surface area is 154 Å². The average molecular weight is 359 g/mol. The third-order valence-electron chi connectivity index (χ3n) is 3.83. The van der Waals surface area contributed by atoms with Crippen molar-refractivity contribution in [3.63, 3.8) is 0 Å². The van der Waals surface area contributed by atoms with E-state index in [1.807, 2.05) is 63.5 Å². The smallest absolute Gasteiger partial charge is 0.245 e. The lowest BCUT2D eigenvalue weighted by atomic mass is 10.1. The van der Waals surface area contributed by atoms with Crippen molar-refractivity contribution in [2.24, 2.45) is 0 Å². The van der Waals surface area contributed by atoms with E-state index >= 15 is 0 Å². The van der Waals surface area contributed by atoms with E-state index in [0.29, 0.717) is 12.5 Å². The second-order valence-electron chi connectivity index (χ2n) is 6.13. The van der Waals surface area contributed by atoms with Crippen LogP contribution in [0.3, 0.4) is 0 Å². The van der Waals surface area contributed by atoms with Crippen molar-refractivity contribution >= 4 is 23.6 Å². The van der Waals surface area contributed by atoms with E-state index in [9.17, 15) is 4.79 Å². The van der Waals surface area contributed by atoms with Crippen LogP contribution in [0.25, 0.3) is 0 Å². The molecule has 0 bridgehead atoms. The molecule has 0 fully saturated rings. The summed E-state index contributed by atoms with van der Waals surface area (Å²) in [6, 6.07) is 11.6. The molecule has 0 aliphatic rings. The third-order valence-corrected chi connectivity index (χ3v) is 4.48. The Bertz CT molecular complexity index is 673. The van der Waals surface area contributed by atoms with Crippen molar-refractivity contribution in [1.82, 2.24) is 14.9 Å². The van der Waals surface area contributed by atoms with Crippen molar-refractivity contribution < 1.29 is 4.79 Å². The molecular formula is C19H26N4OS. The number of nitrogens with one attached hydrogen (secondary N) is 1. The monoisotopic (exact) mass is 358 g/mol. The van der Waals surface area contributed by atoms with Gasteiger partial charge in [-0.05, 0) is 43.9 Å². The molecule has 1 aromatic carbocycles. The Balaban J connectivity index is 2.10. The van der Waals surface area contributed by atoms with Gasteiger partial charge in [-0.1, -0.05) is 30.3 Å². The molecule has 6 heteroatoms. The van der Waals surface area contributed by atoms with Crippen LogP contribution in [-0.4, -0.2) is 45.9 Å². The van der Waals surface area contributed by atoms with Crippen molar-refractivity contribution in [1.29, 1.82) is 0 Å². The molecule has 1 N–H and O–H groups in total. The van der Waals surface area contributed by atoms with E-state index in [2.05, 4.69) is 15.3 Å². The van der Waals surface area contributed by atoms with Crippen molar-refractivity contribution in [2.45, 2.75) is 32.9 Å². The summed E-state index contributed by atoms with van der Waals surface area (Å²) in [5, 5.41) is 3.24. The van der Waals surface area contributed by atoms with Gasteiger partial charge in [0.25, 0.3) is 0 Å². The normalized spacial score (nSPS) is 11.8. The molecule has 0 saturated carbocycles. The number of likely N-dealkylation sites (N-methyl/N-ethyl adjacent to an activating group) is 1. The zero-order chi connectivity index (χ0) is 18.2. The van der Waals surface area contributed by atoms with Crippen LogP contribution in [0, 0.1) is 13.8 Å². The molecule has 134 valence electrons. The largest absolute Gasteiger partial charge is 0.342 e. The van der Waals surface area contributed by atoms with E-state index in [1.54, 1.807) is 16.7 Å². The fraction of sp³-hybridized carbons (Fsp3) is 0.421. The first-order chi connectivity index (χ1) is 12.0. The number of aryl methyl sites for hydroxylation is 2. The highest BCUT2D eigenvalue weighted by molar-refractivity contribution is 7.98. The minimum absolute atomic E-state index is 0.0562. The quantitative estimate of drug-likeness (QED) is 0.785. The zero-order valence-electron chi connectivity index (χ0n) is 15.3. The van der Waals surface area contributed by atoms with Crippen LogP contribution in [0.5, 0.6) is 0 Å². The molecule has 0 aliphatic carbocycles. The molecule has 2 rings (SSSR count). The van der Waals surface area contributed by atoms with E-state index in [0.717, 1.165) is 29.1 Å². The number of rotatable bonds is 8. The number of thioether (sulfide) groups is 1. The first kappa shape index (κ1) is 19.2. The van der Waals surface area contributed by atoms with E-state index in [1.165, 1.54) is 0 Å². The second-order valence-corrected chi connectivity index (χ2v) is 7.12. The van der Waals surface area contributed by atoms with Crippen LogP contribution in [0.1, 0.15) is 23.4 Å². The molecule has 2 aromatic rings. The Kier molecular flexibility index (Phi) is 7.25. The number of benzene rings is 1. The van der Waals surface area contributed by atoms with E-state index < -0.39 is 0 Å². The van der Waals surface area contributed by atoms with E-state index in [4.69, 9.17) is 0 Å². The van der Waals surface area contributed by atoms with Crippen molar-refractivity contribution in [2.75, 3.05) is 24.4 Å². The van der Waals surface area contributed by atoms with Gasteiger partial charge in [0.05, 0.1) is 0 Å². The van der Waals surface area contributed by atoms with Gasteiger partial charge in [-0.3, -0.25) is 4.79 Å². The van der Waals surface area contributed by atoms with Crippen LogP contribution < -0.4 is 5.32 Å². The topological polar surface area (TPSA) is 58.1 Å².